The number of halogens is 1. The zero-order valence-electron chi connectivity index (χ0n) is 15.7. The smallest absolute Gasteiger partial charge is 0.269 e. The summed E-state index contributed by atoms with van der Waals surface area (Å²) in [5.41, 5.74) is 4.40. The number of hydrogen-bond donors (Lipinski definition) is 1. The summed E-state index contributed by atoms with van der Waals surface area (Å²) in [4.78, 5) is 21.2. The fourth-order valence-corrected chi connectivity index (χ4v) is 3.06. The first-order valence-electron chi connectivity index (χ1n) is 9.04. The third-order valence-corrected chi connectivity index (χ3v) is 4.54. The second kappa shape index (κ2) is 8.02. The molecule has 4 rings (SSSR count). The highest BCUT2D eigenvalue weighted by Crippen LogP contribution is 2.21. The molecule has 0 saturated carbocycles. The fourth-order valence-electron chi connectivity index (χ4n) is 3.06. The largest absolute Gasteiger partial charge is 0.347 e. The SMILES string of the molecule is Cn1nc(-c2ccc(F)cc2)cc1C(=O)NCc1cccnc1-c1ccncc1. The van der Waals surface area contributed by atoms with Gasteiger partial charge in [-0.25, -0.2) is 4.39 Å². The molecule has 1 N–H and O–H groups in total. The van der Waals surface area contributed by atoms with Crippen molar-refractivity contribution in [3.05, 3.63) is 90.3 Å². The van der Waals surface area contributed by atoms with Crippen LogP contribution in [0, 0.1) is 5.82 Å². The minimum absolute atomic E-state index is 0.252. The average molecular weight is 387 g/mol. The lowest BCUT2D eigenvalue weighted by molar-refractivity contribution is 0.0941. The van der Waals surface area contributed by atoms with Gasteiger partial charge in [-0.3, -0.25) is 19.4 Å². The number of nitrogens with zero attached hydrogens (tertiary/aromatic N) is 4. The molecule has 0 atom stereocenters. The van der Waals surface area contributed by atoms with E-state index in [0.717, 1.165) is 22.4 Å². The number of aromatic nitrogens is 4. The Morgan fingerprint density at radius 1 is 1.03 bits per heavy atom. The first-order valence-corrected chi connectivity index (χ1v) is 9.04. The Balaban J connectivity index is 1.52. The van der Waals surface area contributed by atoms with E-state index in [2.05, 4.69) is 20.4 Å². The number of pyridine rings is 2. The molecular weight excluding hydrogens is 369 g/mol. The Morgan fingerprint density at radius 2 is 1.79 bits per heavy atom. The molecule has 7 heteroatoms. The monoisotopic (exact) mass is 387 g/mol. The molecule has 6 nitrogen and oxygen atoms in total. The number of rotatable bonds is 5. The lowest BCUT2D eigenvalue weighted by Crippen LogP contribution is -2.25. The molecule has 3 heterocycles. The Morgan fingerprint density at radius 3 is 2.55 bits per heavy atom. The minimum Gasteiger partial charge on any atom is -0.347 e. The zero-order valence-corrected chi connectivity index (χ0v) is 15.7. The highest BCUT2D eigenvalue weighted by atomic mass is 19.1. The Labute approximate surface area is 167 Å². The summed E-state index contributed by atoms with van der Waals surface area (Å²) in [5.74, 6) is -0.568. The maximum absolute atomic E-state index is 13.1. The van der Waals surface area contributed by atoms with Crippen LogP contribution in [0.5, 0.6) is 0 Å². The molecule has 3 aromatic heterocycles. The van der Waals surface area contributed by atoms with Gasteiger partial charge < -0.3 is 5.32 Å². The van der Waals surface area contributed by atoms with Crippen LogP contribution in [-0.2, 0) is 13.6 Å². The lowest BCUT2D eigenvalue weighted by Gasteiger charge is -2.10. The normalized spacial score (nSPS) is 10.7. The summed E-state index contributed by atoms with van der Waals surface area (Å²) in [7, 11) is 1.70. The summed E-state index contributed by atoms with van der Waals surface area (Å²) < 4.78 is 14.6. The van der Waals surface area contributed by atoms with Crippen molar-refractivity contribution in [1.29, 1.82) is 0 Å². The van der Waals surface area contributed by atoms with Gasteiger partial charge in [0.05, 0.1) is 11.4 Å². The van der Waals surface area contributed by atoms with Crippen molar-refractivity contribution in [1.82, 2.24) is 25.1 Å². The van der Waals surface area contributed by atoms with Crippen molar-refractivity contribution >= 4 is 5.91 Å². The molecule has 0 saturated heterocycles. The van der Waals surface area contributed by atoms with Crippen molar-refractivity contribution in [2.75, 3.05) is 0 Å². The van der Waals surface area contributed by atoms with Gasteiger partial charge in [-0.1, -0.05) is 6.07 Å². The molecule has 0 aliphatic rings. The summed E-state index contributed by atoms with van der Waals surface area (Å²) in [6, 6.07) is 15.2. The van der Waals surface area contributed by atoms with Crippen LogP contribution in [0.25, 0.3) is 22.5 Å². The van der Waals surface area contributed by atoms with Gasteiger partial charge in [-0.05, 0) is 54.1 Å². The van der Waals surface area contributed by atoms with Crippen LogP contribution in [0.4, 0.5) is 4.39 Å². The number of carbonyl (C=O) groups excluding carboxylic acids is 1. The summed E-state index contributed by atoms with van der Waals surface area (Å²) in [6.07, 6.45) is 5.13. The Bertz CT molecular complexity index is 1140. The summed E-state index contributed by atoms with van der Waals surface area (Å²) >= 11 is 0. The highest BCUT2D eigenvalue weighted by Gasteiger charge is 2.15. The van der Waals surface area contributed by atoms with Crippen LogP contribution >= 0.6 is 0 Å². The molecule has 4 aromatic rings. The van der Waals surface area contributed by atoms with Crippen LogP contribution in [0.15, 0.2) is 73.2 Å². The van der Waals surface area contributed by atoms with E-state index in [1.54, 1.807) is 43.8 Å². The maximum atomic E-state index is 13.1. The molecule has 1 amide bonds. The highest BCUT2D eigenvalue weighted by molar-refractivity contribution is 5.93. The fraction of sp³-hybridized carbons (Fsp3) is 0.0909. The molecule has 0 spiro atoms. The molecule has 0 fully saturated rings. The number of hydrogen-bond acceptors (Lipinski definition) is 4. The third kappa shape index (κ3) is 4.03. The first-order chi connectivity index (χ1) is 14.1. The second-order valence-electron chi connectivity index (χ2n) is 6.48. The van der Waals surface area contributed by atoms with Crippen LogP contribution in [0.3, 0.4) is 0 Å². The van der Waals surface area contributed by atoms with E-state index in [1.807, 2.05) is 24.3 Å². The van der Waals surface area contributed by atoms with Crippen molar-refractivity contribution in [3.8, 4) is 22.5 Å². The van der Waals surface area contributed by atoms with Gasteiger partial charge in [0.15, 0.2) is 0 Å². The molecule has 144 valence electrons. The van der Waals surface area contributed by atoms with E-state index < -0.39 is 0 Å². The van der Waals surface area contributed by atoms with Crippen LogP contribution in [0.2, 0.25) is 0 Å². The molecule has 0 aliphatic heterocycles. The number of aryl methyl sites for hydroxylation is 1. The molecule has 0 radical (unpaired) electrons. The molecule has 0 unspecified atom stereocenters. The van der Waals surface area contributed by atoms with Gasteiger partial charge in [0, 0.05) is 43.3 Å². The van der Waals surface area contributed by atoms with Crippen LogP contribution in [-0.4, -0.2) is 25.7 Å². The van der Waals surface area contributed by atoms with Crippen molar-refractivity contribution in [3.63, 3.8) is 0 Å². The number of nitrogens with one attached hydrogen (secondary N) is 1. The minimum atomic E-state index is -0.316. The van der Waals surface area contributed by atoms with E-state index in [1.165, 1.54) is 16.8 Å². The molecule has 0 bridgehead atoms. The van der Waals surface area contributed by atoms with Gasteiger partial charge in [0.2, 0.25) is 0 Å². The van der Waals surface area contributed by atoms with Gasteiger partial charge in [-0.15, -0.1) is 0 Å². The predicted molar refractivity (Wildman–Crippen MR) is 107 cm³/mol. The van der Waals surface area contributed by atoms with Gasteiger partial charge in [0.1, 0.15) is 11.5 Å². The number of amides is 1. The van der Waals surface area contributed by atoms with Gasteiger partial charge in [0.25, 0.3) is 5.91 Å². The van der Waals surface area contributed by atoms with Crippen molar-refractivity contribution in [2.45, 2.75) is 6.54 Å². The van der Waals surface area contributed by atoms with Crippen molar-refractivity contribution in [2.24, 2.45) is 7.05 Å². The van der Waals surface area contributed by atoms with Gasteiger partial charge >= 0.3 is 0 Å². The predicted octanol–water partition coefficient (Wildman–Crippen LogP) is 3.61. The van der Waals surface area contributed by atoms with E-state index in [9.17, 15) is 9.18 Å². The van der Waals surface area contributed by atoms with E-state index in [4.69, 9.17) is 0 Å². The number of carbonyl (C=O) groups is 1. The summed E-state index contributed by atoms with van der Waals surface area (Å²) in [5, 5.41) is 7.29. The molecular formula is C22H18FN5O. The first kappa shape index (κ1) is 18.5. The average Bonchev–Trinajstić information content (AvgIpc) is 3.15. The molecule has 1 aromatic carbocycles. The third-order valence-electron chi connectivity index (χ3n) is 4.54. The molecule has 0 aliphatic carbocycles. The quantitative estimate of drug-likeness (QED) is 0.568. The topological polar surface area (TPSA) is 72.7 Å². The van der Waals surface area contributed by atoms with Crippen molar-refractivity contribution < 1.29 is 9.18 Å². The standard InChI is InChI=1S/C22H18FN5O/c1-28-20(13-19(27-28)15-4-6-18(23)7-5-15)22(29)26-14-17-3-2-10-25-21(17)16-8-11-24-12-9-16/h2-13H,14H2,1H3,(H,26,29). The van der Waals surface area contributed by atoms with E-state index in [0.29, 0.717) is 17.9 Å². The Hall–Kier alpha value is -3.87. The summed E-state index contributed by atoms with van der Waals surface area (Å²) in [6.45, 7) is 0.321. The van der Waals surface area contributed by atoms with E-state index >= 15 is 0 Å². The van der Waals surface area contributed by atoms with Gasteiger partial charge in [-0.2, -0.15) is 5.10 Å². The zero-order chi connectivity index (χ0) is 20.2. The maximum Gasteiger partial charge on any atom is 0.269 e. The lowest BCUT2D eigenvalue weighted by atomic mass is 10.1. The number of benzene rings is 1. The second-order valence-corrected chi connectivity index (χ2v) is 6.48. The van der Waals surface area contributed by atoms with Crippen LogP contribution in [0.1, 0.15) is 16.1 Å². The Kier molecular flexibility index (Phi) is 5.11. The molecule has 29 heavy (non-hydrogen) atoms. The van der Waals surface area contributed by atoms with Crippen LogP contribution < -0.4 is 5.32 Å². The van der Waals surface area contributed by atoms with E-state index in [-0.39, 0.29) is 11.7 Å².